The van der Waals surface area contributed by atoms with Crippen LogP contribution in [0.4, 0.5) is 17.2 Å². The number of nitrogens with zero attached hydrogens (tertiary/aromatic N) is 6. The second-order valence-corrected chi connectivity index (χ2v) is 10.7. The number of hydrogen-bond donors (Lipinski definition) is 1. The number of hydrogen-bond acceptors (Lipinski definition) is 8. The van der Waals surface area contributed by atoms with E-state index in [0.717, 1.165) is 52.2 Å². The van der Waals surface area contributed by atoms with Gasteiger partial charge in [0.1, 0.15) is 17.0 Å². The van der Waals surface area contributed by atoms with E-state index in [9.17, 15) is 4.79 Å². The summed E-state index contributed by atoms with van der Waals surface area (Å²) in [7, 11) is 4.04. The molecule has 2 aliphatic rings. The summed E-state index contributed by atoms with van der Waals surface area (Å²) >= 11 is 1.70. The minimum Gasteiger partial charge on any atom is -0.377 e. The number of aryl methyl sites for hydroxylation is 1. The van der Waals surface area contributed by atoms with Crippen molar-refractivity contribution in [1.29, 1.82) is 0 Å². The molecule has 0 aromatic carbocycles. The first kappa shape index (κ1) is 22.2. The zero-order chi connectivity index (χ0) is 24.1. The fraction of sp³-hybridized carbons (Fsp3) is 0.440. The molecule has 0 spiro atoms. The monoisotopic (exact) mass is 491 g/mol. The molecular weight excluding hydrogens is 462 g/mol. The maximum absolute atomic E-state index is 13.3. The molecule has 0 unspecified atom stereocenters. The molecule has 2 atom stereocenters. The number of rotatable bonds is 4. The van der Waals surface area contributed by atoms with Gasteiger partial charge in [-0.25, -0.2) is 14.5 Å². The Bertz CT molecular complexity index is 1410. The van der Waals surface area contributed by atoms with Crippen LogP contribution in [0.2, 0.25) is 0 Å². The van der Waals surface area contributed by atoms with E-state index in [1.165, 1.54) is 10.4 Å². The number of ether oxygens (including phenoxy) is 1. The Balaban J connectivity index is 1.33. The van der Waals surface area contributed by atoms with Crippen LogP contribution in [-0.2, 0) is 22.4 Å². The molecule has 10 heteroatoms. The second-order valence-electron chi connectivity index (χ2n) is 9.59. The number of anilines is 3. The van der Waals surface area contributed by atoms with Gasteiger partial charge in [-0.2, -0.15) is 5.10 Å². The zero-order valence-corrected chi connectivity index (χ0v) is 21.0. The number of morpholine rings is 1. The summed E-state index contributed by atoms with van der Waals surface area (Å²) in [5.41, 5.74) is 4.27. The smallest absolute Gasteiger partial charge is 0.226 e. The van der Waals surface area contributed by atoms with E-state index in [-0.39, 0.29) is 17.9 Å². The first-order valence-corrected chi connectivity index (χ1v) is 12.9. The van der Waals surface area contributed by atoms with Gasteiger partial charge in [-0.05, 0) is 43.9 Å². The van der Waals surface area contributed by atoms with Gasteiger partial charge in [0.25, 0.3) is 0 Å². The maximum Gasteiger partial charge on any atom is 0.226 e. The number of carbonyl (C=O) groups is 1. The van der Waals surface area contributed by atoms with Gasteiger partial charge in [-0.15, -0.1) is 11.3 Å². The number of pyridine rings is 1. The maximum atomic E-state index is 13.3. The fourth-order valence-corrected chi connectivity index (χ4v) is 6.51. The Labute approximate surface area is 207 Å². The molecule has 4 aromatic heterocycles. The average Bonchev–Trinajstić information content (AvgIpc) is 3.47. The average molecular weight is 492 g/mol. The van der Waals surface area contributed by atoms with Crippen molar-refractivity contribution < 1.29 is 9.53 Å². The van der Waals surface area contributed by atoms with Crippen LogP contribution >= 0.6 is 11.3 Å². The van der Waals surface area contributed by atoms with Crippen LogP contribution in [0.3, 0.4) is 0 Å². The first-order valence-electron chi connectivity index (χ1n) is 12.0. The van der Waals surface area contributed by atoms with Crippen molar-refractivity contribution >= 4 is 50.2 Å². The molecule has 4 aromatic rings. The standard InChI is InChI=1S/C25H29N7O2S/c1-15-13-34-9-8-31(15)25(33)16-4-5-18-21(10-16)35-24-22(18)23(26-14-27-24)29-19-11-17-6-7-28-32(17)12-20(19)30(2)3/h6-7,11-12,14-16H,4-5,8-10,13H2,1-3H3,(H,26,27,29)/t15-,16-/m0/s1. The quantitative estimate of drug-likeness (QED) is 0.467. The molecule has 1 amide bonds. The third-order valence-corrected chi connectivity index (χ3v) is 8.26. The molecule has 9 nitrogen and oxygen atoms in total. The lowest BCUT2D eigenvalue weighted by atomic mass is 9.86. The summed E-state index contributed by atoms with van der Waals surface area (Å²) in [6.07, 6.45) is 7.91. The number of fused-ring (bicyclic) bond motifs is 4. The van der Waals surface area contributed by atoms with Crippen molar-refractivity contribution in [2.45, 2.75) is 32.2 Å². The highest BCUT2D eigenvalue weighted by molar-refractivity contribution is 7.19. The van der Waals surface area contributed by atoms with Crippen LogP contribution in [0.1, 0.15) is 23.8 Å². The number of aromatic nitrogens is 4. The van der Waals surface area contributed by atoms with Gasteiger partial charge >= 0.3 is 0 Å². The summed E-state index contributed by atoms with van der Waals surface area (Å²) in [6, 6.07) is 4.22. The molecule has 6 rings (SSSR count). The van der Waals surface area contributed by atoms with E-state index in [4.69, 9.17) is 4.74 Å². The molecule has 0 bridgehead atoms. The summed E-state index contributed by atoms with van der Waals surface area (Å²) < 4.78 is 7.40. The van der Waals surface area contributed by atoms with Crippen molar-refractivity contribution in [3.8, 4) is 0 Å². The molecule has 5 heterocycles. The van der Waals surface area contributed by atoms with Crippen LogP contribution < -0.4 is 10.2 Å². The van der Waals surface area contributed by atoms with Gasteiger partial charge in [-0.1, -0.05) is 0 Å². The number of nitrogens with one attached hydrogen (secondary N) is 1. The Kier molecular flexibility index (Phi) is 5.57. The normalized spacial score (nSPS) is 20.3. The Morgan fingerprint density at radius 3 is 3.03 bits per heavy atom. The predicted molar refractivity (Wildman–Crippen MR) is 138 cm³/mol. The summed E-state index contributed by atoms with van der Waals surface area (Å²) in [4.78, 5) is 28.8. The van der Waals surface area contributed by atoms with E-state index < -0.39 is 0 Å². The number of thiophene rings is 1. The molecule has 1 aliphatic carbocycles. The molecular formula is C25H29N7O2S. The predicted octanol–water partition coefficient (Wildman–Crippen LogP) is 3.50. The van der Waals surface area contributed by atoms with E-state index in [1.54, 1.807) is 23.9 Å². The van der Waals surface area contributed by atoms with Gasteiger partial charge < -0.3 is 19.9 Å². The minimum absolute atomic E-state index is 0.0186. The van der Waals surface area contributed by atoms with Gasteiger partial charge in [0.05, 0.1) is 47.7 Å². The fourth-order valence-electron chi connectivity index (χ4n) is 5.24. The Morgan fingerprint density at radius 1 is 1.31 bits per heavy atom. The zero-order valence-electron chi connectivity index (χ0n) is 20.2. The van der Waals surface area contributed by atoms with Crippen molar-refractivity contribution in [2.24, 2.45) is 5.92 Å². The third-order valence-electron chi connectivity index (χ3n) is 7.09. The van der Waals surface area contributed by atoms with Crippen molar-refractivity contribution in [3.63, 3.8) is 0 Å². The van der Waals surface area contributed by atoms with Crippen LogP contribution in [0.5, 0.6) is 0 Å². The highest BCUT2D eigenvalue weighted by atomic mass is 32.1. The summed E-state index contributed by atoms with van der Waals surface area (Å²) in [5, 5.41) is 9.04. The topological polar surface area (TPSA) is 87.9 Å². The third kappa shape index (κ3) is 3.90. The van der Waals surface area contributed by atoms with Gasteiger partial charge in [0.15, 0.2) is 0 Å². The van der Waals surface area contributed by atoms with Crippen molar-refractivity contribution in [2.75, 3.05) is 44.1 Å². The van der Waals surface area contributed by atoms with E-state index in [0.29, 0.717) is 19.8 Å². The lowest BCUT2D eigenvalue weighted by molar-refractivity contribution is -0.143. The molecule has 1 fully saturated rings. The molecule has 1 N–H and O–H groups in total. The highest BCUT2D eigenvalue weighted by Crippen LogP contribution is 2.41. The van der Waals surface area contributed by atoms with Crippen LogP contribution in [0, 0.1) is 5.92 Å². The first-order chi connectivity index (χ1) is 17.0. The lowest BCUT2D eigenvalue weighted by Gasteiger charge is -2.36. The largest absolute Gasteiger partial charge is 0.377 e. The molecule has 0 radical (unpaired) electrons. The Hall–Kier alpha value is -3.24. The van der Waals surface area contributed by atoms with E-state index >= 15 is 0 Å². The molecule has 182 valence electrons. The molecule has 1 saturated heterocycles. The van der Waals surface area contributed by atoms with E-state index in [2.05, 4.69) is 38.3 Å². The van der Waals surface area contributed by atoms with Gasteiger partial charge in [0.2, 0.25) is 5.91 Å². The molecule has 1 aliphatic heterocycles. The minimum atomic E-state index is 0.0186. The van der Waals surface area contributed by atoms with Crippen LogP contribution in [-0.4, -0.2) is 70.3 Å². The van der Waals surface area contributed by atoms with Crippen molar-refractivity contribution in [3.05, 3.63) is 41.3 Å². The van der Waals surface area contributed by atoms with Crippen LogP contribution in [0.25, 0.3) is 15.7 Å². The summed E-state index contributed by atoms with van der Waals surface area (Å²) in [6.45, 7) is 4.01. The van der Waals surface area contributed by atoms with Gasteiger partial charge in [0, 0.05) is 37.6 Å². The summed E-state index contributed by atoms with van der Waals surface area (Å²) in [5.74, 6) is 1.09. The SMILES string of the molecule is C[C@H]1COCCN1C(=O)[C@H]1CCc2c(sc3ncnc(Nc4cc5ccnn5cc4N(C)C)c23)C1. The second kappa shape index (κ2) is 8.76. The van der Waals surface area contributed by atoms with Crippen LogP contribution in [0.15, 0.2) is 30.9 Å². The van der Waals surface area contributed by atoms with E-state index in [1.807, 2.05) is 35.8 Å². The van der Waals surface area contributed by atoms with Gasteiger partial charge in [-0.3, -0.25) is 4.79 Å². The Morgan fingerprint density at radius 2 is 2.20 bits per heavy atom. The molecule has 35 heavy (non-hydrogen) atoms. The highest BCUT2D eigenvalue weighted by Gasteiger charge is 2.34. The lowest BCUT2D eigenvalue weighted by Crippen LogP contribution is -2.50. The number of carbonyl (C=O) groups excluding carboxylic acids is 1. The molecule has 0 saturated carbocycles. The number of amides is 1. The van der Waals surface area contributed by atoms with Crippen molar-refractivity contribution in [1.82, 2.24) is 24.5 Å².